The van der Waals surface area contributed by atoms with Gasteiger partial charge in [-0.05, 0) is 54.8 Å². The number of rotatable bonds is 5. The second-order valence-electron chi connectivity index (χ2n) is 9.30. The van der Waals surface area contributed by atoms with Crippen LogP contribution in [-0.2, 0) is 32.3 Å². The number of nitrogens with zero attached hydrogens (tertiary/aromatic N) is 6. The third-order valence-electron chi connectivity index (χ3n) is 6.98. The molecule has 1 atom stereocenters. The van der Waals surface area contributed by atoms with Crippen LogP contribution in [0.15, 0.2) is 54.9 Å². The Hall–Kier alpha value is -3.76. The molecule has 1 N–H and O–H groups in total. The van der Waals surface area contributed by atoms with Crippen molar-refractivity contribution < 1.29 is 18.3 Å². The fraction of sp³-hybridized carbons (Fsp3) is 0.259. The Kier molecular flexibility index (Phi) is 6.27. The van der Waals surface area contributed by atoms with Crippen molar-refractivity contribution in [1.29, 1.82) is 0 Å². The third kappa shape index (κ3) is 4.23. The van der Waals surface area contributed by atoms with Crippen LogP contribution in [0.4, 0.5) is 13.2 Å². The molecule has 0 spiro atoms. The van der Waals surface area contributed by atoms with Gasteiger partial charge in [0.05, 0.1) is 34.2 Å². The van der Waals surface area contributed by atoms with E-state index < -0.39 is 17.3 Å². The van der Waals surface area contributed by atoms with Crippen LogP contribution in [0.1, 0.15) is 45.2 Å². The van der Waals surface area contributed by atoms with Crippen molar-refractivity contribution in [3.63, 3.8) is 0 Å². The molecule has 0 saturated carbocycles. The summed E-state index contributed by atoms with van der Waals surface area (Å²) in [7, 11) is 3.51. The van der Waals surface area contributed by atoms with Gasteiger partial charge in [0, 0.05) is 31.6 Å². The number of aryl methyl sites for hydroxylation is 3. The van der Waals surface area contributed by atoms with E-state index in [4.69, 9.17) is 16.6 Å². The SMILES string of the molecule is Cc1nc2ccc(C(O)(c3cnnn3C)c3cnc(C)n3C)cc2c(Cl)c1Cc1ccc(C(F)(F)F)cc1. The molecule has 0 aliphatic carbocycles. The standard InChI is InChI=1S/C27H24ClF3N6O/c1-15-20(11-17-5-7-18(8-6-17)27(29,30)31)25(28)21-12-19(9-10-22(21)34-15)26(38,24-14-33-35-37(24)4)23-13-32-16(2)36(23)3/h5-10,12-14,38H,11H2,1-4H3. The molecule has 3 heterocycles. The average Bonchev–Trinajstić information content (AvgIpc) is 3.46. The van der Waals surface area contributed by atoms with Gasteiger partial charge in [-0.2, -0.15) is 13.2 Å². The van der Waals surface area contributed by atoms with Crippen molar-refractivity contribution in [2.75, 3.05) is 0 Å². The Morgan fingerprint density at radius 1 is 0.947 bits per heavy atom. The van der Waals surface area contributed by atoms with Crippen molar-refractivity contribution >= 4 is 22.5 Å². The van der Waals surface area contributed by atoms with Crippen LogP contribution >= 0.6 is 11.6 Å². The van der Waals surface area contributed by atoms with Gasteiger partial charge in [-0.25, -0.2) is 9.67 Å². The predicted molar refractivity (Wildman–Crippen MR) is 137 cm³/mol. The normalized spacial score (nSPS) is 13.7. The summed E-state index contributed by atoms with van der Waals surface area (Å²) < 4.78 is 42.3. The highest BCUT2D eigenvalue weighted by atomic mass is 35.5. The predicted octanol–water partition coefficient (Wildman–Crippen LogP) is 5.26. The van der Waals surface area contributed by atoms with E-state index >= 15 is 0 Å². The lowest BCUT2D eigenvalue weighted by atomic mass is 9.86. The molecule has 5 aromatic rings. The highest BCUT2D eigenvalue weighted by Crippen LogP contribution is 2.39. The van der Waals surface area contributed by atoms with Crippen molar-refractivity contribution in [3.05, 3.63) is 105 Å². The van der Waals surface area contributed by atoms with Crippen molar-refractivity contribution in [2.45, 2.75) is 32.0 Å². The lowest BCUT2D eigenvalue weighted by molar-refractivity contribution is -0.137. The van der Waals surface area contributed by atoms with Crippen LogP contribution in [-0.4, -0.2) is 34.6 Å². The summed E-state index contributed by atoms with van der Waals surface area (Å²) in [6.45, 7) is 3.65. The van der Waals surface area contributed by atoms with Crippen molar-refractivity contribution in [1.82, 2.24) is 29.5 Å². The number of benzene rings is 2. The van der Waals surface area contributed by atoms with Gasteiger partial charge in [-0.15, -0.1) is 5.10 Å². The minimum absolute atomic E-state index is 0.298. The van der Waals surface area contributed by atoms with Gasteiger partial charge < -0.3 is 9.67 Å². The van der Waals surface area contributed by atoms with E-state index in [0.717, 1.165) is 12.1 Å². The molecule has 0 fully saturated rings. The molecule has 3 aromatic heterocycles. The zero-order valence-corrected chi connectivity index (χ0v) is 21.8. The number of hydrogen-bond acceptors (Lipinski definition) is 5. The molecular weight excluding hydrogens is 517 g/mol. The molecule has 1 unspecified atom stereocenters. The van der Waals surface area contributed by atoms with E-state index in [1.165, 1.54) is 23.0 Å². The van der Waals surface area contributed by atoms with Crippen molar-refractivity contribution in [2.24, 2.45) is 14.1 Å². The fourth-order valence-corrected chi connectivity index (χ4v) is 5.06. The molecule has 0 saturated heterocycles. The molecular formula is C27H24ClF3N6O. The van der Waals surface area contributed by atoms with Crippen LogP contribution in [0.3, 0.4) is 0 Å². The number of alkyl halides is 3. The van der Waals surface area contributed by atoms with Gasteiger partial charge in [0.1, 0.15) is 11.5 Å². The number of imidazole rings is 1. The quantitative estimate of drug-likeness (QED) is 0.329. The van der Waals surface area contributed by atoms with Gasteiger partial charge in [0.15, 0.2) is 5.60 Å². The molecule has 0 radical (unpaired) electrons. The summed E-state index contributed by atoms with van der Waals surface area (Å²) in [5.74, 6) is 0.712. The number of halogens is 4. The summed E-state index contributed by atoms with van der Waals surface area (Å²) in [4.78, 5) is 9.06. The lowest BCUT2D eigenvalue weighted by Gasteiger charge is -2.29. The average molecular weight is 541 g/mol. The van der Waals surface area contributed by atoms with E-state index in [0.29, 0.717) is 61.9 Å². The van der Waals surface area contributed by atoms with Crippen LogP contribution < -0.4 is 0 Å². The van der Waals surface area contributed by atoms with E-state index in [1.807, 2.05) is 20.9 Å². The van der Waals surface area contributed by atoms with Gasteiger partial charge in [-0.3, -0.25) is 4.98 Å². The molecule has 196 valence electrons. The van der Waals surface area contributed by atoms with E-state index in [9.17, 15) is 18.3 Å². The number of hydrogen-bond donors (Lipinski definition) is 1. The molecule has 38 heavy (non-hydrogen) atoms. The van der Waals surface area contributed by atoms with Gasteiger partial charge in [0.2, 0.25) is 0 Å². The van der Waals surface area contributed by atoms with Gasteiger partial charge >= 0.3 is 6.18 Å². The Balaban J connectivity index is 1.65. The second-order valence-corrected chi connectivity index (χ2v) is 9.67. The summed E-state index contributed by atoms with van der Waals surface area (Å²) in [5.41, 5.74) is 1.74. The van der Waals surface area contributed by atoms with Gasteiger partial charge in [-0.1, -0.05) is 35.0 Å². The molecule has 0 aliphatic heterocycles. The molecule has 5 rings (SSSR count). The van der Waals surface area contributed by atoms with E-state index in [1.54, 1.807) is 36.0 Å². The Morgan fingerprint density at radius 2 is 1.63 bits per heavy atom. The second kappa shape index (κ2) is 9.21. The Labute approximate surface area is 221 Å². The zero-order valence-electron chi connectivity index (χ0n) is 21.0. The largest absolute Gasteiger partial charge is 0.416 e. The van der Waals surface area contributed by atoms with Crippen LogP contribution in [0.5, 0.6) is 0 Å². The summed E-state index contributed by atoms with van der Waals surface area (Å²) >= 11 is 6.91. The number of aliphatic hydroxyl groups is 1. The van der Waals surface area contributed by atoms with Gasteiger partial charge in [0.25, 0.3) is 0 Å². The maximum atomic E-state index is 13.0. The Morgan fingerprint density at radius 3 is 2.21 bits per heavy atom. The summed E-state index contributed by atoms with van der Waals surface area (Å²) in [5, 5.41) is 21.3. The Bertz CT molecular complexity index is 1660. The molecule has 2 aromatic carbocycles. The van der Waals surface area contributed by atoms with E-state index in [2.05, 4.69) is 15.3 Å². The fourth-order valence-electron chi connectivity index (χ4n) is 4.71. The van der Waals surface area contributed by atoms with Crippen LogP contribution in [0.2, 0.25) is 5.02 Å². The first kappa shape index (κ1) is 25.9. The molecule has 0 aliphatic rings. The highest BCUT2D eigenvalue weighted by molar-refractivity contribution is 6.36. The molecule has 0 amide bonds. The molecule has 7 nitrogen and oxygen atoms in total. The first-order valence-corrected chi connectivity index (χ1v) is 12.1. The van der Waals surface area contributed by atoms with E-state index in [-0.39, 0.29) is 0 Å². The molecule has 11 heteroatoms. The minimum atomic E-state index is -4.40. The summed E-state index contributed by atoms with van der Waals surface area (Å²) in [6.07, 6.45) is -0.998. The highest BCUT2D eigenvalue weighted by Gasteiger charge is 2.40. The zero-order chi connectivity index (χ0) is 27.4. The lowest BCUT2D eigenvalue weighted by Crippen LogP contribution is -2.33. The van der Waals surface area contributed by atoms with Crippen LogP contribution in [0, 0.1) is 13.8 Å². The number of pyridine rings is 1. The molecule has 0 bridgehead atoms. The third-order valence-corrected chi connectivity index (χ3v) is 7.41. The number of aromatic nitrogens is 6. The van der Waals surface area contributed by atoms with Crippen molar-refractivity contribution in [3.8, 4) is 0 Å². The maximum absolute atomic E-state index is 13.0. The first-order valence-electron chi connectivity index (χ1n) is 11.7. The number of fused-ring (bicyclic) bond motifs is 1. The minimum Gasteiger partial charge on any atom is -0.373 e. The monoisotopic (exact) mass is 540 g/mol. The van der Waals surface area contributed by atoms with Crippen LogP contribution in [0.25, 0.3) is 10.9 Å². The summed E-state index contributed by atoms with van der Waals surface area (Å²) in [6, 6.07) is 10.3. The maximum Gasteiger partial charge on any atom is 0.416 e. The topological polar surface area (TPSA) is 81.7 Å². The first-order chi connectivity index (χ1) is 17.9. The smallest absolute Gasteiger partial charge is 0.373 e.